The molecule has 0 radical (unpaired) electrons. The Morgan fingerprint density at radius 3 is 2.91 bits per heavy atom. The summed E-state index contributed by atoms with van der Waals surface area (Å²) in [5, 5.41) is 0. The summed E-state index contributed by atoms with van der Waals surface area (Å²) in [5.74, 6) is 1.000. The van der Waals surface area contributed by atoms with Gasteiger partial charge in [-0.05, 0) is 42.7 Å². The molecule has 0 bridgehead atoms. The summed E-state index contributed by atoms with van der Waals surface area (Å²) in [7, 11) is 0. The lowest BCUT2D eigenvalue weighted by molar-refractivity contribution is 0.563. The maximum atomic E-state index is 2.25. The third-order valence-electron chi connectivity index (χ3n) is 3.23. The molecule has 1 unspecified atom stereocenters. The molecule has 0 nitrogen and oxygen atoms in total. The van der Waals surface area contributed by atoms with Gasteiger partial charge in [0.25, 0.3) is 0 Å². The molecule has 3 aliphatic carbocycles. The minimum atomic E-state index is 1.000. The van der Waals surface area contributed by atoms with Gasteiger partial charge in [-0.15, -0.1) is 0 Å². The van der Waals surface area contributed by atoms with Crippen molar-refractivity contribution in [2.24, 2.45) is 5.92 Å². The van der Waals surface area contributed by atoms with Gasteiger partial charge in [-0.1, -0.05) is 23.8 Å². The summed E-state index contributed by atoms with van der Waals surface area (Å²) < 4.78 is 0. The molecule has 0 heteroatoms. The number of rotatable bonds is 1. The molecule has 3 aliphatic rings. The topological polar surface area (TPSA) is 0 Å². The van der Waals surface area contributed by atoms with E-state index in [0.29, 0.717) is 0 Å². The van der Waals surface area contributed by atoms with Gasteiger partial charge in [0.2, 0.25) is 0 Å². The molecule has 0 spiro atoms. The van der Waals surface area contributed by atoms with Gasteiger partial charge >= 0.3 is 0 Å². The Labute approximate surface area is 67.3 Å². The minimum Gasteiger partial charge on any atom is -0.0630 e. The van der Waals surface area contributed by atoms with Crippen LogP contribution in [0.5, 0.6) is 0 Å². The van der Waals surface area contributed by atoms with Crippen LogP contribution < -0.4 is 0 Å². The van der Waals surface area contributed by atoms with E-state index in [-0.39, 0.29) is 0 Å². The van der Waals surface area contributed by atoms with E-state index >= 15 is 0 Å². The molecule has 0 saturated heterocycles. The van der Waals surface area contributed by atoms with Crippen molar-refractivity contribution in [3.8, 4) is 0 Å². The highest BCUT2D eigenvalue weighted by Crippen LogP contribution is 2.49. The third kappa shape index (κ3) is 0.649. The standard InChI is InChI=1S/C11H12/c1-3-8(4-1)11-7-9-5-2-6-10(9)11/h1,3-4,9H,2,5-7H2. The summed E-state index contributed by atoms with van der Waals surface area (Å²) in [5.41, 5.74) is 5.01. The maximum absolute atomic E-state index is 2.25. The van der Waals surface area contributed by atoms with Crippen LogP contribution in [-0.4, -0.2) is 0 Å². The highest BCUT2D eigenvalue weighted by molar-refractivity contribution is 5.56. The molecule has 11 heavy (non-hydrogen) atoms. The number of hydrogen-bond donors (Lipinski definition) is 0. The number of hydrogen-bond acceptors (Lipinski definition) is 0. The van der Waals surface area contributed by atoms with Crippen LogP contribution >= 0.6 is 0 Å². The van der Waals surface area contributed by atoms with E-state index in [4.69, 9.17) is 0 Å². The van der Waals surface area contributed by atoms with Crippen molar-refractivity contribution in [1.29, 1.82) is 0 Å². The number of allylic oxidation sites excluding steroid dienone is 6. The van der Waals surface area contributed by atoms with Gasteiger partial charge in [-0.2, -0.15) is 0 Å². The van der Waals surface area contributed by atoms with Gasteiger partial charge in [0.05, 0.1) is 0 Å². The molecule has 0 aromatic carbocycles. The molecule has 0 amide bonds. The molecular formula is C11H12. The van der Waals surface area contributed by atoms with Gasteiger partial charge in [0, 0.05) is 0 Å². The monoisotopic (exact) mass is 144 g/mol. The Balaban J connectivity index is 1.94. The Bertz CT molecular complexity index is 289. The van der Waals surface area contributed by atoms with Crippen LogP contribution in [0.4, 0.5) is 0 Å². The van der Waals surface area contributed by atoms with E-state index in [1.165, 1.54) is 31.3 Å². The van der Waals surface area contributed by atoms with E-state index in [0.717, 1.165) is 5.92 Å². The molecule has 1 saturated carbocycles. The summed E-state index contributed by atoms with van der Waals surface area (Å²) >= 11 is 0. The molecular weight excluding hydrogens is 132 g/mol. The fraction of sp³-hybridized carbons (Fsp3) is 0.455. The molecule has 0 N–H and O–H groups in total. The van der Waals surface area contributed by atoms with Gasteiger partial charge in [0.15, 0.2) is 0 Å². The van der Waals surface area contributed by atoms with Crippen molar-refractivity contribution in [2.45, 2.75) is 25.7 Å². The zero-order valence-corrected chi connectivity index (χ0v) is 6.64. The van der Waals surface area contributed by atoms with E-state index in [1.807, 2.05) is 0 Å². The smallest absolute Gasteiger partial charge is 0.0156 e. The van der Waals surface area contributed by atoms with E-state index < -0.39 is 0 Å². The Morgan fingerprint density at radius 2 is 2.27 bits per heavy atom. The lowest BCUT2D eigenvalue weighted by atomic mass is 9.75. The van der Waals surface area contributed by atoms with E-state index in [2.05, 4.69) is 18.2 Å². The Kier molecular flexibility index (Phi) is 0.993. The predicted octanol–water partition coefficient (Wildman–Crippen LogP) is 2.98. The van der Waals surface area contributed by atoms with Crippen LogP contribution in [0, 0.1) is 5.92 Å². The average molecular weight is 144 g/mol. The maximum Gasteiger partial charge on any atom is -0.0156 e. The Hall–Kier alpha value is -0.780. The second-order valence-corrected chi connectivity index (χ2v) is 3.78. The molecule has 0 aromatic heterocycles. The largest absolute Gasteiger partial charge is 0.0630 e. The molecule has 1 fully saturated rings. The summed E-state index contributed by atoms with van der Waals surface area (Å²) in [6.45, 7) is 0. The molecule has 0 aromatic rings. The normalized spacial score (nSPS) is 32.7. The lowest BCUT2D eigenvalue weighted by Crippen LogP contribution is -2.15. The predicted molar refractivity (Wildman–Crippen MR) is 46.2 cm³/mol. The second kappa shape index (κ2) is 1.88. The summed E-state index contributed by atoms with van der Waals surface area (Å²) in [4.78, 5) is 0. The quantitative estimate of drug-likeness (QED) is 0.530. The zero-order valence-electron chi connectivity index (χ0n) is 6.64. The van der Waals surface area contributed by atoms with E-state index in [1.54, 1.807) is 11.1 Å². The first-order valence-electron chi connectivity index (χ1n) is 4.56. The second-order valence-electron chi connectivity index (χ2n) is 3.78. The minimum absolute atomic E-state index is 1.000. The van der Waals surface area contributed by atoms with Crippen molar-refractivity contribution >= 4 is 0 Å². The molecule has 0 heterocycles. The average Bonchev–Trinajstić information content (AvgIpc) is 2.21. The van der Waals surface area contributed by atoms with Crippen LogP contribution in [0.25, 0.3) is 0 Å². The van der Waals surface area contributed by atoms with Gasteiger partial charge in [0.1, 0.15) is 0 Å². The highest BCUT2D eigenvalue weighted by Gasteiger charge is 2.34. The van der Waals surface area contributed by atoms with E-state index in [9.17, 15) is 0 Å². The van der Waals surface area contributed by atoms with Gasteiger partial charge in [-0.3, -0.25) is 0 Å². The van der Waals surface area contributed by atoms with Crippen LogP contribution in [0.3, 0.4) is 0 Å². The molecule has 3 rings (SSSR count). The highest BCUT2D eigenvalue weighted by atomic mass is 14.4. The SMILES string of the molecule is C1=CC(C2=C3CCCC3C2)=C1. The van der Waals surface area contributed by atoms with Crippen molar-refractivity contribution in [1.82, 2.24) is 0 Å². The van der Waals surface area contributed by atoms with Crippen LogP contribution in [-0.2, 0) is 0 Å². The van der Waals surface area contributed by atoms with Crippen LogP contribution in [0.2, 0.25) is 0 Å². The van der Waals surface area contributed by atoms with Crippen molar-refractivity contribution < 1.29 is 0 Å². The van der Waals surface area contributed by atoms with Crippen LogP contribution in [0.15, 0.2) is 34.9 Å². The van der Waals surface area contributed by atoms with Gasteiger partial charge < -0.3 is 0 Å². The molecule has 0 aliphatic heterocycles. The van der Waals surface area contributed by atoms with Gasteiger partial charge in [-0.25, -0.2) is 0 Å². The third-order valence-corrected chi connectivity index (χ3v) is 3.23. The number of fused-ring (bicyclic) bond motifs is 1. The van der Waals surface area contributed by atoms with Crippen molar-refractivity contribution in [2.75, 3.05) is 0 Å². The molecule has 1 atom stereocenters. The first-order valence-corrected chi connectivity index (χ1v) is 4.56. The lowest BCUT2D eigenvalue weighted by Gasteiger charge is -2.30. The Morgan fingerprint density at radius 1 is 1.36 bits per heavy atom. The van der Waals surface area contributed by atoms with Crippen LogP contribution in [0.1, 0.15) is 25.7 Å². The fourth-order valence-corrected chi connectivity index (χ4v) is 2.48. The van der Waals surface area contributed by atoms with Crippen molar-refractivity contribution in [3.63, 3.8) is 0 Å². The van der Waals surface area contributed by atoms with Crippen molar-refractivity contribution in [3.05, 3.63) is 34.9 Å². The first kappa shape index (κ1) is 5.82. The molecule has 56 valence electrons. The first-order chi connectivity index (χ1) is 5.45. The summed E-state index contributed by atoms with van der Waals surface area (Å²) in [6, 6.07) is 0. The fourth-order valence-electron chi connectivity index (χ4n) is 2.48. The zero-order chi connectivity index (χ0) is 7.26. The summed E-state index contributed by atoms with van der Waals surface area (Å²) in [6.07, 6.45) is 12.3.